The molecule has 0 radical (unpaired) electrons. The zero-order valence-corrected chi connectivity index (χ0v) is 15.7. The molecule has 1 fully saturated rings. The summed E-state index contributed by atoms with van der Waals surface area (Å²) in [6, 6.07) is 2.95. The zero-order valence-electron chi connectivity index (χ0n) is 15.7. The molecule has 1 N–H and O–H groups in total. The van der Waals surface area contributed by atoms with Crippen LogP contribution in [0.15, 0.2) is 24.4 Å². The van der Waals surface area contributed by atoms with Crippen molar-refractivity contribution in [3.8, 4) is 0 Å². The van der Waals surface area contributed by atoms with Crippen molar-refractivity contribution in [3.05, 3.63) is 35.8 Å². The van der Waals surface area contributed by atoms with E-state index in [1.165, 1.54) is 6.07 Å². The van der Waals surface area contributed by atoms with Crippen LogP contribution < -0.4 is 10.2 Å². The third-order valence-electron chi connectivity index (χ3n) is 4.37. The second-order valence-corrected chi connectivity index (χ2v) is 7.72. The maximum atomic E-state index is 14.4. The number of aromatic nitrogens is 1. The summed E-state index contributed by atoms with van der Waals surface area (Å²) in [6.07, 6.45) is -3.62. The lowest BCUT2D eigenvalue weighted by atomic mass is 10.1. The van der Waals surface area contributed by atoms with Crippen molar-refractivity contribution >= 4 is 22.7 Å². The zero-order chi connectivity index (χ0) is 20.7. The molecular formula is C19H21F4N3O2. The normalized spacial score (nSPS) is 17.8. The molecule has 2 heterocycles. The molecule has 1 atom stereocenters. The molecule has 1 unspecified atom stereocenters. The highest BCUT2D eigenvalue weighted by Crippen LogP contribution is 2.39. The first-order valence-electron chi connectivity index (χ1n) is 8.84. The van der Waals surface area contributed by atoms with Crippen LogP contribution in [0.3, 0.4) is 0 Å². The average Bonchev–Trinajstić information content (AvgIpc) is 2.99. The van der Waals surface area contributed by atoms with Gasteiger partial charge in [0.15, 0.2) is 0 Å². The summed E-state index contributed by atoms with van der Waals surface area (Å²) < 4.78 is 59.4. The number of amides is 1. The molecule has 1 aromatic heterocycles. The smallest absolute Gasteiger partial charge is 0.418 e. The Labute approximate surface area is 159 Å². The predicted octanol–water partition coefficient (Wildman–Crippen LogP) is 4.50. The molecule has 0 saturated carbocycles. The summed E-state index contributed by atoms with van der Waals surface area (Å²) in [4.78, 5) is 17.4. The van der Waals surface area contributed by atoms with Crippen LogP contribution >= 0.6 is 0 Å². The van der Waals surface area contributed by atoms with Gasteiger partial charge in [-0.2, -0.15) is 13.2 Å². The predicted molar refractivity (Wildman–Crippen MR) is 96.7 cm³/mol. The van der Waals surface area contributed by atoms with E-state index in [4.69, 9.17) is 4.74 Å². The van der Waals surface area contributed by atoms with E-state index in [9.17, 15) is 22.4 Å². The molecule has 1 aliphatic rings. The molecule has 3 rings (SSSR count). The van der Waals surface area contributed by atoms with Crippen molar-refractivity contribution in [2.75, 3.05) is 18.0 Å². The first-order valence-corrected chi connectivity index (χ1v) is 8.84. The van der Waals surface area contributed by atoms with Crippen molar-refractivity contribution in [1.82, 2.24) is 10.3 Å². The van der Waals surface area contributed by atoms with Crippen LogP contribution in [0, 0.1) is 5.82 Å². The van der Waals surface area contributed by atoms with Gasteiger partial charge in [-0.25, -0.2) is 9.18 Å². The van der Waals surface area contributed by atoms with E-state index in [1.54, 1.807) is 25.7 Å². The number of halogens is 4. The van der Waals surface area contributed by atoms with Gasteiger partial charge >= 0.3 is 12.3 Å². The highest BCUT2D eigenvalue weighted by molar-refractivity contribution is 5.95. The number of anilines is 1. The number of ether oxygens (including phenoxy) is 1. The molecule has 1 aliphatic heterocycles. The van der Waals surface area contributed by atoms with Crippen molar-refractivity contribution in [3.63, 3.8) is 0 Å². The Morgan fingerprint density at radius 1 is 1.25 bits per heavy atom. The van der Waals surface area contributed by atoms with Crippen molar-refractivity contribution < 1.29 is 27.1 Å². The third kappa shape index (κ3) is 4.28. The van der Waals surface area contributed by atoms with Gasteiger partial charge in [-0.05, 0) is 45.4 Å². The number of carbonyl (C=O) groups excluding carboxylic acids is 1. The third-order valence-corrected chi connectivity index (χ3v) is 4.37. The van der Waals surface area contributed by atoms with Gasteiger partial charge in [-0.1, -0.05) is 0 Å². The number of nitrogens with one attached hydrogen (secondary N) is 1. The van der Waals surface area contributed by atoms with Gasteiger partial charge in [0, 0.05) is 25.0 Å². The van der Waals surface area contributed by atoms with Crippen LogP contribution in [0.4, 0.5) is 28.0 Å². The standard InChI is InChI=1S/C19H21F4N3O2/c1-18(2,3)28-17(27)25-11-7-9-26(10-11)14-5-4-12(19(21,22)23)16-15(14)13(20)6-8-24-16/h4-6,8,11H,7,9-10H2,1-3H3,(H,25,27). The lowest BCUT2D eigenvalue weighted by Gasteiger charge is -2.23. The molecule has 152 valence electrons. The molecule has 0 aliphatic carbocycles. The number of rotatable bonds is 2. The first kappa shape index (κ1) is 20.2. The lowest BCUT2D eigenvalue weighted by Crippen LogP contribution is -2.40. The second kappa shape index (κ2) is 7.10. The molecule has 5 nitrogen and oxygen atoms in total. The maximum absolute atomic E-state index is 14.4. The Balaban J connectivity index is 1.86. The lowest BCUT2D eigenvalue weighted by molar-refractivity contribution is -0.136. The highest BCUT2D eigenvalue weighted by Gasteiger charge is 2.35. The summed E-state index contributed by atoms with van der Waals surface area (Å²) in [5.41, 5.74) is -1.72. The number of carbonyl (C=O) groups is 1. The van der Waals surface area contributed by atoms with Gasteiger partial charge in [-0.3, -0.25) is 4.98 Å². The van der Waals surface area contributed by atoms with E-state index in [0.717, 1.165) is 18.3 Å². The fourth-order valence-electron chi connectivity index (χ4n) is 3.27. The minimum Gasteiger partial charge on any atom is -0.444 e. The molecule has 2 aromatic rings. The van der Waals surface area contributed by atoms with E-state index in [0.29, 0.717) is 25.2 Å². The van der Waals surface area contributed by atoms with E-state index < -0.39 is 34.8 Å². The molecular weight excluding hydrogens is 378 g/mol. The number of pyridine rings is 1. The molecule has 1 saturated heterocycles. The number of benzene rings is 1. The second-order valence-electron chi connectivity index (χ2n) is 7.72. The Kier molecular flexibility index (Phi) is 5.12. The van der Waals surface area contributed by atoms with Gasteiger partial charge in [0.05, 0.1) is 22.5 Å². The fraction of sp³-hybridized carbons (Fsp3) is 0.474. The fourth-order valence-corrected chi connectivity index (χ4v) is 3.27. The number of hydrogen-bond acceptors (Lipinski definition) is 4. The Bertz CT molecular complexity index is 893. The molecule has 28 heavy (non-hydrogen) atoms. The maximum Gasteiger partial charge on any atom is 0.418 e. The summed E-state index contributed by atoms with van der Waals surface area (Å²) in [7, 11) is 0. The monoisotopic (exact) mass is 399 g/mol. The molecule has 1 amide bonds. The van der Waals surface area contributed by atoms with Crippen LogP contribution in [0.25, 0.3) is 10.9 Å². The van der Waals surface area contributed by atoms with Crippen LogP contribution in [0.1, 0.15) is 32.8 Å². The average molecular weight is 399 g/mol. The highest BCUT2D eigenvalue weighted by atomic mass is 19.4. The number of nitrogens with zero attached hydrogens (tertiary/aromatic N) is 2. The summed E-state index contributed by atoms with van der Waals surface area (Å²) >= 11 is 0. The van der Waals surface area contributed by atoms with Crippen LogP contribution in [-0.2, 0) is 10.9 Å². The summed E-state index contributed by atoms with van der Waals surface area (Å²) in [5, 5.41) is 2.57. The van der Waals surface area contributed by atoms with Gasteiger partial charge in [0.2, 0.25) is 0 Å². The van der Waals surface area contributed by atoms with E-state index in [1.807, 2.05) is 0 Å². The Hall–Kier alpha value is -2.58. The van der Waals surface area contributed by atoms with E-state index >= 15 is 0 Å². The van der Waals surface area contributed by atoms with Crippen molar-refractivity contribution in [1.29, 1.82) is 0 Å². The SMILES string of the molecule is CC(C)(C)OC(=O)NC1CCN(c2ccc(C(F)(F)F)c3nccc(F)c23)C1. The molecule has 0 spiro atoms. The first-order chi connectivity index (χ1) is 13.0. The Morgan fingerprint density at radius 3 is 2.61 bits per heavy atom. The van der Waals surface area contributed by atoms with E-state index in [2.05, 4.69) is 10.3 Å². The quantitative estimate of drug-likeness (QED) is 0.756. The Morgan fingerprint density at radius 2 is 1.96 bits per heavy atom. The van der Waals surface area contributed by atoms with E-state index in [-0.39, 0.29) is 11.4 Å². The largest absolute Gasteiger partial charge is 0.444 e. The van der Waals surface area contributed by atoms with Crippen molar-refractivity contribution in [2.24, 2.45) is 0 Å². The minimum atomic E-state index is -4.64. The van der Waals surface area contributed by atoms with Gasteiger partial charge in [0.25, 0.3) is 0 Å². The van der Waals surface area contributed by atoms with Crippen molar-refractivity contribution in [2.45, 2.75) is 45.0 Å². The minimum absolute atomic E-state index is 0.171. The van der Waals surface area contributed by atoms with Crippen LogP contribution in [-0.4, -0.2) is 35.8 Å². The van der Waals surface area contributed by atoms with Crippen LogP contribution in [0.5, 0.6) is 0 Å². The topological polar surface area (TPSA) is 54.5 Å². The molecule has 0 bridgehead atoms. The van der Waals surface area contributed by atoms with Gasteiger partial charge < -0.3 is 15.0 Å². The number of alkyl carbamates (subject to hydrolysis) is 1. The molecule has 9 heteroatoms. The number of fused-ring (bicyclic) bond motifs is 1. The molecule has 1 aromatic carbocycles. The summed E-state index contributed by atoms with van der Waals surface area (Å²) in [5.74, 6) is -0.769. The number of hydrogen-bond donors (Lipinski definition) is 1. The van der Waals surface area contributed by atoms with Gasteiger partial charge in [0.1, 0.15) is 11.4 Å². The van der Waals surface area contributed by atoms with Crippen LogP contribution in [0.2, 0.25) is 0 Å². The van der Waals surface area contributed by atoms with Gasteiger partial charge in [-0.15, -0.1) is 0 Å². The summed E-state index contributed by atoms with van der Waals surface area (Å²) in [6.45, 7) is 6.02. The number of alkyl halides is 3.